The van der Waals surface area contributed by atoms with Gasteiger partial charge in [0.1, 0.15) is 24.9 Å². The predicted molar refractivity (Wildman–Crippen MR) is 272 cm³/mol. The van der Waals surface area contributed by atoms with Gasteiger partial charge < -0.3 is 69.6 Å². The first-order valence-corrected chi connectivity index (χ1v) is 26.7. The Balaban J connectivity index is 0.994. The summed E-state index contributed by atoms with van der Waals surface area (Å²) >= 11 is 0. The van der Waals surface area contributed by atoms with Crippen molar-refractivity contribution in [1.82, 2.24) is 40.9 Å². The number of sulfone groups is 1. The second kappa shape index (κ2) is 40.7. The van der Waals surface area contributed by atoms with Crippen molar-refractivity contribution < 1.29 is 70.2 Å². The third-order valence-corrected chi connectivity index (χ3v) is 10.7. The summed E-state index contributed by atoms with van der Waals surface area (Å²) < 4.78 is 73.9. The van der Waals surface area contributed by atoms with Crippen LogP contribution in [0.5, 0.6) is 0 Å². The van der Waals surface area contributed by atoms with Crippen molar-refractivity contribution >= 4 is 39.2 Å². The van der Waals surface area contributed by atoms with E-state index in [1.165, 1.54) is 12.4 Å². The van der Waals surface area contributed by atoms with Crippen LogP contribution in [0.3, 0.4) is 0 Å². The molecule has 1 radical (unpaired) electrons. The van der Waals surface area contributed by atoms with Crippen LogP contribution < -0.4 is 27.0 Å². The zero-order chi connectivity index (χ0) is 54.0. The molecule has 1 atom stereocenters. The van der Waals surface area contributed by atoms with Crippen molar-refractivity contribution in [1.29, 1.82) is 0 Å². The summed E-state index contributed by atoms with van der Waals surface area (Å²) in [7, 11) is -3.46. The van der Waals surface area contributed by atoms with Crippen LogP contribution in [0.15, 0.2) is 48.0 Å². The number of hydrogen-bond acceptors (Lipinski definition) is 20. The normalized spacial score (nSPS) is 11.7. The van der Waals surface area contributed by atoms with E-state index in [2.05, 4.69) is 60.3 Å². The van der Waals surface area contributed by atoms with Crippen molar-refractivity contribution in [2.75, 3.05) is 144 Å². The van der Waals surface area contributed by atoms with Crippen LogP contribution in [-0.2, 0) is 84.7 Å². The molecule has 417 valence electrons. The van der Waals surface area contributed by atoms with Gasteiger partial charge in [-0.05, 0) is 56.8 Å². The quantitative estimate of drug-likeness (QED) is 0.0283. The molecule has 25 nitrogen and oxygen atoms in total. The number of rotatable bonds is 44. The molecule has 1 aromatic carbocycles. The van der Waals surface area contributed by atoms with Crippen LogP contribution in [0.25, 0.3) is 0 Å². The van der Waals surface area contributed by atoms with Crippen molar-refractivity contribution in [3.63, 3.8) is 0 Å². The standard InChI is InChI=1S/C49H75N10O15S/c1-40-11-13-42(14-12-40)55-48(63)44(9-6-7-15-50)56-47(62)39-74-38-46(61)51-16-18-66-20-22-68-24-26-70-28-30-72-32-33-73-31-29-71-27-25-69-23-21-67-19-17-59-37-43(57-58-59)36-52-45(60)10-5-3-4-8-41-34-53-49(54-35-41)75(2,64)65/h11-14,34-35,37,44H,1,3,5-7,9-10,15-33,36,38-39,50H2,2H3,(H,51,61)(H,52,60)(H,55,63)(H,56,62)/t44-/m0/s1. The number of nitrogens with one attached hydrogen (secondary N) is 4. The van der Waals surface area contributed by atoms with Gasteiger partial charge in [-0.15, -0.1) is 5.10 Å². The molecule has 0 aliphatic heterocycles. The van der Waals surface area contributed by atoms with Gasteiger partial charge in [0, 0.05) is 43.7 Å². The SMILES string of the molecule is [CH2]c1ccc(NC(=O)[C@H](CCCCN)NC(=O)COCC(=O)NCCOCCOCCOCCOCCOCCOCCOCCOCCn2cc(CNC(=O)CCCC#Cc3cnc(S(C)(=O)=O)nc3)nn2)cc1. The van der Waals surface area contributed by atoms with E-state index in [9.17, 15) is 27.6 Å². The van der Waals surface area contributed by atoms with E-state index in [-0.39, 0.29) is 49.9 Å². The zero-order valence-corrected chi connectivity index (χ0v) is 43.8. The molecule has 0 unspecified atom stereocenters. The number of hydrogen-bond donors (Lipinski definition) is 5. The predicted octanol–water partition coefficient (Wildman–Crippen LogP) is 0.0101. The number of anilines is 1. The number of unbranched alkanes of at least 4 members (excludes halogenated alkanes) is 2. The van der Waals surface area contributed by atoms with Gasteiger partial charge in [0.25, 0.3) is 0 Å². The molecular formula is C49H75N10O15S. The molecule has 0 aliphatic rings. The van der Waals surface area contributed by atoms with Crippen LogP contribution in [-0.4, -0.2) is 201 Å². The molecule has 0 saturated heterocycles. The lowest BCUT2D eigenvalue weighted by Gasteiger charge is -2.18. The van der Waals surface area contributed by atoms with Crippen LogP contribution in [0.4, 0.5) is 5.69 Å². The number of amides is 4. The molecule has 26 heteroatoms. The summed E-state index contributed by atoms with van der Waals surface area (Å²) in [6.07, 6.45) is 8.58. The van der Waals surface area contributed by atoms with E-state index in [0.717, 1.165) is 11.8 Å². The molecule has 2 heterocycles. The van der Waals surface area contributed by atoms with Crippen LogP contribution in [0.2, 0.25) is 0 Å². The summed E-state index contributed by atoms with van der Waals surface area (Å²) in [4.78, 5) is 57.2. The van der Waals surface area contributed by atoms with Gasteiger partial charge >= 0.3 is 0 Å². The van der Waals surface area contributed by atoms with E-state index in [1.54, 1.807) is 35.1 Å². The fourth-order valence-electron chi connectivity index (χ4n) is 6.05. The molecule has 4 amide bonds. The van der Waals surface area contributed by atoms with Gasteiger partial charge in [0.15, 0.2) is 0 Å². The number of carbonyl (C=O) groups is 4. The molecular weight excluding hydrogens is 1000 g/mol. The zero-order valence-electron chi connectivity index (χ0n) is 43.0. The first-order valence-electron chi connectivity index (χ1n) is 24.8. The summed E-state index contributed by atoms with van der Waals surface area (Å²) in [5, 5.41) is 18.8. The smallest absolute Gasteiger partial charge is 0.246 e. The molecule has 75 heavy (non-hydrogen) atoms. The Labute approximate surface area is 439 Å². The highest BCUT2D eigenvalue weighted by molar-refractivity contribution is 7.90. The van der Waals surface area contributed by atoms with Crippen molar-refractivity contribution in [2.45, 2.75) is 62.8 Å². The fourth-order valence-corrected chi connectivity index (χ4v) is 6.53. The molecule has 3 aromatic rings. The van der Waals surface area contributed by atoms with Crippen molar-refractivity contribution in [3.8, 4) is 11.8 Å². The van der Waals surface area contributed by atoms with Crippen LogP contribution in [0, 0.1) is 18.8 Å². The number of nitrogens with two attached hydrogens (primary N) is 1. The monoisotopic (exact) mass is 1080 g/mol. The Morgan fingerprint density at radius 1 is 0.693 bits per heavy atom. The molecule has 0 aliphatic carbocycles. The number of nitrogens with zero attached hydrogens (tertiary/aromatic N) is 5. The molecule has 0 fully saturated rings. The van der Waals surface area contributed by atoms with Gasteiger partial charge in [-0.2, -0.15) is 0 Å². The third-order valence-electron chi connectivity index (χ3n) is 9.87. The number of aromatic nitrogens is 5. The topological polar surface area (TPSA) is 316 Å². The number of benzene rings is 1. The summed E-state index contributed by atoms with van der Waals surface area (Å²) in [6.45, 7) is 11.1. The summed E-state index contributed by atoms with van der Waals surface area (Å²) in [5.74, 6) is 4.37. The number of ether oxygens (including phenoxy) is 9. The average molecular weight is 1080 g/mol. The van der Waals surface area contributed by atoms with E-state index in [0.29, 0.717) is 168 Å². The highest BCUT2D eigenvalue weighted by Gasteiger charge is 2.21. The minimum absolute atomic E-state index is 0.131. The summed E-state index contributed by atoms with van der Waals surface area (Å²) in [5.41, 5.74) is 8.10. The lowest BCUT2D eigenvalue weighted by molar-refractivity contribution is -0.133. The lowest BCUT2D eigenvalue weighted by Crippen LogP contribution is -2.45. The van der Waals surface area contributed by atoms with E-state index >= 15 is 0 Å². The van der Waals surface area contributed by atoms with Gasteiger partial charge in [0.2, 0.25) is 38.6 Å². The first-order chi connectivity index (χ1) is 36.4. The van der Waals surface area contributed by atoms with Crippen LogP contribution >= 0.6 is 0 Å². The third kappa shape index (κ3) is 33.2. The molecule has 2 aromatic heterocycles. The van der Waals surface area contributed by atoms with Crippen molar-refractivity contribution in [2.24, 2.45) is 5.73 Å². The van der Waals surface area contributed by atoms with Crippen LogP contribution in [0.1, 0.15) is 55.3 Å². The Hall–Kier alpha value is -5.57. The lowest BCUT2D eigenvalue weighted by atomic mass is 10.1. The maximum atomic E-state index is 12.8. The number of carbonyl (C=O) groups excluding carboxylic acids is 4. The Bertz CT molecular complexity index is 2210. The van der Waals surface area contributed by atoms with Gasteiger partial charge in [-0.1, -0.05) is 29.2 Å². The summed E-state index contributed by atoms with van der Waals surface area (Å²) in [6, 6.07) is 6.22. The molecule has 0 spiro atoms. The molecule has 0 bridgehead atoms. The Kier molecular flexibility index (Phi) is 34.6. The molecule has 3 rings (SSSR count). The van der Waals surface area contributed by atoms with E-state index < -0.39 is 27.7 Å². The van der Waals surface area contributed by atoms with Crippen molar-refractivity contribution in [3.05, 3.63) is 66.6 Å². The van der Waals surface area contributed by atoms with Gasteiger partial charge in [-0.3, -0.25) is 19.2 Å². The molecule has 0 saturated carbocycles. The average Bonchev–Trinajstić information content (AvgIpc) is 3.85. The Morgan fingerprint density at radius 2 is 1.24 bits per heavy atom. The maximum Gasteiger partial charge on any atom is 0.246 e. The molecule has 6 N–H and O–H groups in total. The minimum atomic E-state index is -3.46. The largest absolute Gasteiger partial charge is 0.377 e. The van der Waals surface area contributed by atoms with Gasteiger partial charge in [-0.25, -0.2) is 23.1 Å². The van der Waals surface area contributed by atoms with E-state index in [1.807, 2.05) is 0 Å². The second-order valence-electron chi connectivity index (χ2n) is 16.3. The minimum Gasteiger partial charge on any atom is -0.377 e. The Morgan fingerprint density at radius 3 is 1.80 bits per heavy atom. The van der Waals surface area contributed by atoms with E-state index in [4.69, 9.17) is 48.4 Å². The second-order valence-corrected chi connectivity index (χ2v) is 18.2. The first kappa shape index (κ1) is 63.7. The van der Waals surface area contributed by atoms with Gasteiger partial charge in [0.05, 0.1) is 131 Å². The fraction of sp³-hybridized carbons (Fsp3) is 0.612. The maximum absolute atomic E-state index is 12.8. The highest BCUT2D eigenvalue weighted by atomic mass is 32.2. The highest BCUT2D eigenvalue weighted by Crippen LogP contribution is 2.11.